The number of carbonyl (C=O) groups is 2. The Bertz CT molecular complexity index is 1010. The highest BCUT2D eigenvalue weighted by Gasteiger charge is 2.06. The molecule has 0 heterocycles. The minimum absolute atomic E-state index is 0.0993. The summed E-state index contributed by atoms with van der Waals surface area (Å²) in [6.07, 6.45) is 0. The summed E-state index contributed by atoms with van der Waals surface area (Å²) in [5.41, 5.74) is 1.11. The van der Waals surface area contributed by atoms with E-state index in [1.165, 1.54) is 24.3 Å². The van der Waals surface area contributed by atoms with E-state index in [1.54, 1.807) is 18.9 Å². The Morgan fingerprint density at radius 2 is 1.42 bits per heavy atom. The van der Waals surface area contributed by atoms with Gasteiger partial charge in [-0.3, -0.25) is 4.79 Å². The van der Waals surface area contributed by atoms with Gasteiger partial charge in [0.25, 0.3) is 5.91 Å². The molecule has 0 aliphatic heterocycles. The summed E-state index contributed by atoms with van der Waals surface area (Å²) in [5.74, 6) is 0.643. The van der Waals surface area contributed by atoms with E-state index in [0.717, 1.165) is 15.5 Å². The molecule has 3 aromatic rings. The fraction of sp³-hybridized carbons (Fsp3) is 0.130. The largest absolute Gasteiger partial charge is 0.508 e. The standard InChI is InChI=1S/C23H23N3O4S/c1-30-19-8-12-21(13-9-19)31-20-10-4-17(5-11-20)26-23(29)25-15-14-24-22(28)16-2-6-18(27)7-3-16/h2-13,27H,14-15H2,1H3,(H,24,28)(H2,25,26,29). The van der Waals surface area contributed by atoms with Crippen LogP contribution in [0.25, 0.3) is 0 Å². The van der Waals surface area contributed by atoms with Crippen molar-refractivity contribution in [3.63, 3.8) is 0 Å². The summed E-state index contributed by atoms with van der Waals surface area (Å²) in [6, 6.07) is 20.9. The molecule has 8 heteroatoms. The molecule has 0 unspecified atom stereocenters. The van der Waals surface area contributed by atoms with Crippen LogP contribution >= 0.6 is 11.8 Å². The summed E-state index contributed by atoms with van der Waals surface area (Å²) in [6.45, 7) is 0.561. The number of hydrogen-bond donors (Lipinski definition) is 4. The van der Waals surface area contributed by atoms with E-state index >= 15 is 0 Å². The van der Waals surface area contributed by atoms with E-state index in [9.17, 15) is 14.7 Å². The van der Waals surface area contributed by atoms with Gasteiger partial charge in [-0.15, -0.1) is 0 Å². The Morgan fingerprint density at radius 1 is 0.839 bits per heavy atom. The lowest BCUT2D eigenvalue weighted by Gasteiger charge is -2.09. The maximum Gasteiger partial charge on any atom is 0.319 e. The second kappa shape index (κ2) is 10.9. The number of anilines is 1. The van der Waals surface area contributed by atoms with Crippen LogP contribution in [0.15, 0.2) is 82.6 Å². The van der Waals surface area contributed by atoms with Gasteiger partial charge in [-0.05, 0) is 72.8 Å². The first-order valence-corrected chi connectivity index (χ1v) is 10.4. The maximum atomic E-state index is 12.0. The monoisotopic (exact) mass is 437 g/mol. The van der Waals surface area contributed by atoms with Gasteiger partial charge in [-0.2, -0.15) is 0 Å². The second-order valence-corrected chi connectivity index (χ2v) is 7.63. The Labute approximate surface area is 184 Å². The Balaban J connectivity index is 1.38. The molecule has 0 aliphatic carbocycles. The molecule has 0 bridgehead atoms. The van der Waals surface area contributed by atoms with Crippen molar-refractivity contribution in [2.45, 2.75) is 9.79 Å². The van der Waals surface area contributed by atoms with Gasteiger partial charge in [0.05, 0.1) is 7.11 Å². The third-order valence-electron chi connectivity index (χ3n) is 4.23. The average Bonchev–Trinajstić information content (AvgIpc) is 2.79. The molecular weight excluding hydrogens is 414 g/mol. The van der Waals surface area contributed by atoms with Crippen molar-refractivity contribution in [1.29, 1.82) is 0 Å². The summed E-state index contributed by atoms with van der Waals surface area (Å²) < 4.78 is 5.16. The number of phenols is 1. The van der Waals surface area contributed by atoms with Gasteiger partial charge < -0.3 is 25.8 Å². The van der Waals surface area contributed by atoms with E-state index in [0.29, 0.717) is 11.3 Å². The molecule has 0 saturated carbocycles. The van der Waals surface area contributed by atoms with Gasteiger partial charge in [0.15, 0.2) is 0 Å². The molecule has 7 nitrogen and oxygen atoms in total. The van der Waals surface area contributed by atoms with Crippen LogP contribution in [0.2, 0.25) is 0 Å². The Kier molecular flexibility index (Phi) is 7.78. The lowest BCUT2D eigenvalue weighted by Crippen LogP contribution is -2.36. The van der Waals surface area contributed by atoms with Gasteiger partial charge in [0, 0.05) is 34.1 Å². The van der Waals surface area contributed by atoms with Crippen LogP contribution in [-0.4, -0.2) is 37.2 Å². The second-order valence-electron chi connectivity index (χ2n) is 6.49. The highest BCUT2D eigenvalue weighted by molar-refractivity contribution is 7.99. The molecule has 0 spiro atoms. The molecule has 0 fully saturated rings. The molecule has 0 atom stereocenters. The van der Waals surface area contributed by atoms with Crippen molar-refractivity contribution >= 4 is 29.4 Å². The van der Waals surface area contributed by atoms with Crippen LogP contribution in [0.1, 0.15) is 10.4 Å². The third kappa shape index (κ3) is 6.97. The Morgan fingerprint density at radius 3 is 2.03 bits per heavy atom. The number of ether oxygens (including phenoxy) is 1. The van der Waals surface area contributed by atoms with Crippen LogP contribution in [0.4, 0.5) is 10.5 Å². The van der Waals surface area contributed by atoms with Gasteiger partial charge in [0.2, 0.25) is 0 Å². The fourth-order valence-electron chi connectivity index (χ4n) is 2.63. The molecule has 0 aliphatic rings. The first-order valence-electron chi connectivity index (χ1n) is 9.57. The molecule has 0 aromatic heterocycles. The van der Waals surface area contributed by atoms with Crippen molar-refractivity contribution < 1.29 is 19.4 Å². The SMILES string of the molecule is COc1ccc(Sc2ccc(NC(=O)NCCNC(=O)c3ccc(O)cc3)cc2)cc1. The number of phenolic OH excluding ortho intramolecular Hbond substituents is 1. The minimum Gasteiger partial charge on any atom is -0.508 e. The van der Waals surface area contributed by atoms with Crippen molar-refractivity contribution in [3.05, 3.63) is 78.4 Å². The number of rotatable bonds is 8. The van der Waals surface area contributed by atoms with Gasteiger partial charge in [0.1, 0.15) is 11.5 Å². The first kappa shape index (κ1) is 22.0. The fourth-order valence-corrected chi connectivity index (χ4v) is 3.44. The van der Waals surface area contributed by atoms with E-state index in [2.05, 4.69) is 16.0 Å². The summed E-state index contributed by atoms with van der Waals surface area (Å²) >= 11 is 1.61. The quantitative estimate of drug-likeness (QED) is 0.398. The zero-order valence-corrected chi connectivity index (χ0v) is 17.7. The molecule has 0 saturated heterocycles. The van der Waals surface area contributed by atoms with Gasteiger partial charge >= 0.3 is 6.03 Å². The van der Waals surface area contributed by atoms with Crippen LogP contribution in [-0.2, 0) is 0 Å². The summed E-state index contributed by atoms with van der Waals surface area (Å²) in [4.78, 5) is 26.1. The topological polar surface area (TPSA) is 99.7 Å². The summed E-state index contributed by atoms with van der Waals surface area (Å²) in [7, 11) is 1.64. The number of nitrogens with one attached hydrogen (secondary N) is 3. The van der Waals surface area contributed by atoms with Crippen LogP contribution < -0.4 is 20.7 Å². The molecule has 4 N–H and O–H groups in total. The smallest absolute Gasteiger partial charge is 0.319 e. The lowest BCUT2D eigenvalue weighted by atomic mass is 10.2. The summed E-state index contributed by atoms with van der Waals surface area (Å²) in [5, 5.41) is 17.4. The molecular formula is C23H23N3O4S. The van der Waals surface area contributed by atoms with Crippen molar-refractivity contribution in [3.8, 4) is 11.5 Å². The number of hydrogen-bond acceptors (Lipinski definition) is 5. The first-order chi connectivity index (χ1) is 15.0. The Hall–Kier alpha value is -3.65. The highest BCUT2D eigenvalue weighted by Crippen LogP contribution is 2.29. The van der Waals surface area contributed by atoms with E-state index < -0.39 is 0 Å². The van der Waals surface area contributed by atoms with Crippen molar-refractivity contribution in [2.24, 2.45) is 0 Å². The molecule has 3 amide bonds. The van der Waals surface area contributed by atoms with Crippen LogP contribution in [0.5, 0.6) is 11.5 Å². The molecule has 3 aromatic carbocycles. The zero-order chi connectivity index (χ0) is 22.1. The van der Waals surface area contributed by atoms with E-state index in [-0.39, 0.29) is 30.8 Å². The minimum atomic E-state index is -0.352. The molecule has 31 heavy (non-hydrogen) atoms. The number of amides is 3. The lowest BCUT2D eigenvalue weighted by molar-refractivity contribution is 0.0954. The van der Waals surface area contributed by atoms with E-state index in [4.69, 9.17) is 4.74 Å². The highest BCUT2D eigenvalue weighted by atomic mass is 32.2. The molecule has 3 rings (SSSR count). The normalized spacial score (nSPS) is 10.2. The van der Waals surface area contributed by atoms with Crippen LogP contribution in [0.3, 0.4) is 0 Å². The predicted octanol–water partition coefficient (Wildman–Crippen LogP) is 4.10. The van der Waals surface area contributed by atoms with Crippen LogP contribution in [0, 0.1) is 0 Å². The maximum absolute atomic E-state index is 12.0. The van der Waals surface area contributed by atoms with Gasteiger partial charge in [-0.25, -0.2) is 4.79 Å². The number of methoxy groups -OCH3 is 1. The number of carbonyl (C=O) groups excluding carboxylic acids is 2. The predicted molar refractivity (Wildman–Crippen MR) is 121 cm³/mol. The number of aromatic hydroxyl groups is 1. The zero-order valence-electron chi connectivity index (χ0n) is 16.9. The van der Waals surface area contributed by atoms with Gasteiger partial charge in [-0.1, -0.05) is 11.8 Å². The number of benzene rings is 3. The van der Waals surface area contributed by atoms with Crippen molar-refractivity contribution in [1.82, 2.24) is 10.6 Å². The third-order valence-corrected chi connectivity index (χ3v) is 5.25. The van der Waals surface area contributed by atoms with Crippen molar-refractivity contribution in [2.75, 3.05) is 25.5 Å². The van der Waals surface area contributed by atoms with E-state index in [1.807, 2.05) is 48.5 Å². The molecule has 0 radical (unpaired) electrons. The number of urea groups is 1. The average molecular weight is 438 g/mol. The molecule has 160 valence electrons.